The van der Waals surface area contributed by atoms with E-state index in [0.717, 1.165) is 0 Å². The molecule has 0 atom stereocenters. The van der Waals surface area contributed by atoms with Crippen molar-refractivity contribution in [1.82, 2.24) is 5.32 Å². The lowest BCUT2D eigenvalue weighted by atomic mass is 10.2. The van der Waals surface area contributed by atoms with Crippen molar-refractivity contribution in [2.75, 3.05) is 24.7 Å². The molecule has 1 rings (SSSR count). The van der Waals surface area contributed by atoms with Gasteiger partial charge in [-0.15, -0.1) is 18.2 Å². The Labute approximate surface area is 121 Å². The van der Waals surface area contributed by atoms with Crippen molar-refractivity contribution < 1.29 is 19.4 Å². The van der Waals surface area contributed by atoms with Crippen LogP contribution in [0.2, 0.25) is 0 Å². The van der Waals surface area contributed by atoms with Crippen LogP contribution in [-0.4, -0.2) is 41.6 Å². The van der Waals surface area contributed by atoms with Crippen molar-refractivity contribution in [3.8, 4) is 18.1 Å². The number of aliphatic carboxylic acids is 1. The molecule has 1 aromatic rings. The minimum Gasteiger partial charge on any atom is -0.481 e. The summed E-state index contributed by atoms with van der Waals surface area (Å²) in [5.41, 5.74) is 0.515. The van der Waals surface area contributed by atoms with Crippen LogP contribution in [0.5, 0.6) is 5.75 Å². The van der Waals surface area contributed by atoms with Gasteiger partial charge in [-0.1, -0.05) is 5.92 Å². The number of hydrogen-bond acceptors (Lipinski definition) is 4. The maximum Gasteiger partial charge on any atom is 0.313 e. The Kier molecular flexibility index (Phi) is 7.07. The van der Waals surface area contributed by atoms with Crippen LogP contribution in [0, 0.1) is 12.3 Å². The summed E-state index contributed by atoms with van der Waals surface area (Å²) in [6.07, 6.45) is 5.07. The number of nitrogens with one attached hydrogen (secondary N) is 1. The standard InChI is InChI=1S/C14H15NO4S/c1-2-8-19-12-5-3-11(4-6-12)14(18)15-7-9-20-10-13(16)17/h1,3-6H,7-10H2,(H,15,18)(H,16,17). The Morgan fingerprint density at radius 1 is 1.35 bits per heavy atom. The van der Waals surface area contributed by atoms with Crippen molar-refractivity contribution >= 4 is 23.6 Å². The van der Waals surface area contributed by atoms with Crippen LogP contribution in [0.25, 0.3) is 0 Å². The molecule has 0 radical (unpaired) electrons. The van der Waals surface area contributed by atoms with E-state index in [2.05, 4.69) is 11.2 Å². The zero-order chi connectivity index (χ0) is 14.8. The SMILES string of the molecule is C#CCOc1ccc(C(=O)NCCSCC(=O)O)cc1. The zero-order valence-electron chi connectivity index (χ0n) is 10.8. The number of amides is 1. The highest BCUT2D eigenvalue weighted by molar-refractivity contribution is 7.99. The molecule has 0 aliphatic rings. The molecule has 0 fully saturated rings. The molecule has 20 heavy (non-hydrogen) atoms. The van der Waals surface area contributed by atoms with E-state index in [9.17, 15) is 9.59 Å². The van der Waals surface area contributed by atoms with Gasteiger partial charge < -0.3 is 15.2 Å². The monoisotopic (exact) mass is 293 g/mol. The van der Waals surface area contributed by atoms with Crippen LogP contribution in [0.3, 0.4) is 0 Å². The fraction of sp³-hybridized carbons (Fsp3) is 0.286. The third kappa shape index (κ3) is 6.16. The van der Waals surface area contributed by atoms with E-state index in [0.29, 0.717) is 23.6 Å². The van der Waals surface area contributed by atoms with Gasteiger partial charge in [0.25, 0.3) is 5.91 Å². The molecule has 0 aromatic heterocycles. The molecular weight excluding hydrogens is 278 g/mol. The van der Waals surface area contributed by atoms with Gasteiger partial charge in [-0.3, -0.25) is 9.59 Å². The van der Waals surface area contributed by atoms with Gasteiger partial charge in [-0.05, 0) is 24.3 Å². The average molecular weight is 293 g/mol. The van der Waals surface area contributed by atoms with Gasteiger partial charge >= 0.3 is 5.97 Å². The number of benzene rings is 1. The van der Waals surface area contributed by atoms with Crippen molar-refractivity contribution in [2.24, 2.45) is 0 Å². The maximum absolute atomic E-state index is 11.8. The normalized spacial score (nSPS) is 9.55. The van der Waals surface area contributed by atoms with Crippen molar-refractivity contribution in [3.63, 3.8) is 0 Å². The molecule has 5 nitrogen and oxygen atoms in total. The summed E-state index contributed by atoms with van der Waals surface area (Å²) in [7, 11) is 0. The summed E-state index contributed by atoms with van der Waals surface area (Å²) < 4.78 is 5.20. The number of hydrogen-bond donors (Lipinski definition) is 2. The Hall–Kier alpha value is -2.13. The van der Waals surface area contributed by atoms with Crippen molar-refractivity contribution in [1.29, 1.82) is 0 Å². The van der Waals surface area contributed by atoms with E-state index in [1.54, 1.807) is 24.3 Å². The first-order chi connectivity index (χ1) is 9.63. The highest BCUT2D eigenvalue weighted by atomic mass is 32.2. The third-order valence-corrected chi connectivity index (χ3v) is 3.14. The summed E-state index contributed by atoms with van der Waals surface area (Å²) in [5.74, 6) is 2.50. The molecule has 0 heterocycles. The lowest BCUT2D eigenvalue weighted by molar-refractivity contribution is -0.133. The Morgan fingerprint density at radius 2 is 2.05 bits per heavy atom. The molecule has 2 N–H and O–H groups in total. The second-order valence-corrected chi connectivity index (χ2v) is 4.82. The summed E-state index contributed by atoms with van der Waals surface area (Å²) >= 11 is 1.26. The van der Waals surface area contributed by atoms with Gasteiger partial charge in [0.05, 0.1) is 5.75 Å². The number of carbonyl (C=O) groups is 2. The summed E-state index contributed by atoms with van der Waals surface area (Å²) in [5, 5.41) is 11.2. The number of carbonyl (C=O) groups excluding carboxylic acids is 1. The van der Waals surface area contributed by atoms with E-state index < -0.39 is 5.97 Å². The highest BCUT2D eigenvalue weighted by Gasteiger charge is 2.05. The lowest BCUT2D eigenvalue weighted by Crippen LogP contribution is -2.25. The van der Waals surface area contributed by atoms with Gasteiger partial charge in [0, 0.05) is 17.9 Å². The maximum atomic E-state index is 11.8. The fourth-order valence-electron chi connectivity index (χ4n) is 1.33. The fourth-order valence-corrected chi connectivity index (χ4v) is 1.89. The molecule has 1 aromatic carbocycles. The lowest BCUT2D eigenvalue weighted by Gasteiger charge is -2.06. The first-order valence-corrected chi connectivity index (χ1v) is 7.03. The molecule has 0 aliphatic heterocycles. The summed E-state index contributed by atoms with van der Waals surface area (Å²) in [4.78, 5) is 22.0. The van der Waals surface area contributed by atoms with Gasteiger partial charge in [0.1, 0.15) is 12.4 Å². The van der Waals surface area contributed by atoms with Crippen molar-refractivity contribution in [2.45, 2.75) is 0 Å². The van der Waals surface area contributed by atoms with Gasteiger partial charge in [-0.2, -0.15) is 0 Å². The predicted octanol–water partition coefficient (Wildman–Crippen LogP) is 1.25. The Balaban J connectivity index is 2.32. The minimum absolute atomic E-state index is 0.0388. The first kappa shape index (κ1) is 15.9. The number of carboxylic acids is 1. The van der Waals surface area contributed by atoms with E-state index in [-0.39, 0.29) is 18.3 Å². The Bertz CT molecular complexity index is 493. The van der Waals surface area contributed by atoms with E-state index in [1.165, 1.54) is 11.8 Å². The van der Waals surface area contributed by atoms with Crippen LogP contribution < -0.4 is 10.1 Å². The average Bonchev–Trinajstić information content (AvgIpc) is 2.44. The second kappa shape index (κ2) is 8.88. The van der Waals surface area contributed by atoms with E-state index in [1.807, 2.05) is 0 Å². The number of carboxylic acid groups (broad SMARTS) is 1. The zero-order valence-corrected chi connectivity index (χ0v) is 11.6. The minimum atomic E-state index is -0.858. The summed E-state index contributed by atoms with van der Waals surface area (Å²) in [6, 6.07) is 6.63. The number of rotatable bonds is 8. The molecule has 0 saturated heterocycles. The van der Waals surface area contributed by atoms with Crippen LogP contribution in [0.1, 0.15) is 10.4 Å². The summed E-state index contributed by atoms with van der Waals surface area (Å²) in [6.45, 7) is 0.610. The van der Waals surface area contributed by atoms with E-state index >= 15 is 0 Å². The molecule has 0 aliphatic carbocycles. The second-order valence-electron chi connectivity index (χ2n) is 3.72. The van der Waals surface area contributed by atoms with Crippen LogP contribution in [0.4, 0.5) is 0 Å². The predicted molar refractivity (Wildman–Crippen MR) is 78.1 cm³/mol. The van der Waals surface area contributed by atoms with Crippen LogP contribution in [0.15, 0.2) is 24.3 Å². The molecule has 6 heteroatoms. The number of terminal acetylenes is 1. The molecular formula is C14H15NO4S. The molecule has 1 amide bonds. The van der Waals surface area contributed by atoms with Gasteiger partial charge in [-0.25, -0.2) is 0 Å². The van der Waals surface area contributed by atoms with Gasteiger partial charge in [0.15, 0.2) is 0 Å². The quantitative estimate of drug-likeness (QED) is 0.557. The molecule has 106 valence electrons. The molecule has 0 unspecified atom stereocenters. The Morgan fingerprint density at radius 3 is 2.65 bits per heavy atom. The number of thioether (sulfide) groups is 1. The molecule has 0 bridgehead atoms. The van der Waals surface area contributed by atoms with Crippen LogP contribution in [-0.2, 0) is 4.79 Å². The van der Waals surface area contributed by atoms with Crippen molar-refractivity contribution in [3.05, 3.63) is 29.8 Å². The molecule has 0 spiro atoms. The number of ether oxygens (including phenoxy) is 1. The first-order valence-electron chi connectivity index (χ1n) is 5.87. The molecule has 0 saturated carbocycles. The van der Waals surface area contributed by atoms with Crippen LogP contribution >= 0.6 is 11.8 Å². The smallest absolute Gasteiger partial charge is 0.313 e. The topological polar surface area (TPSA) is 75.6 Å². The highest BCUT2D eigenvalue weighted by Crippen LogP contribution is 2.11. The van der Waals surface area contributed by atoms with E-state index in [4.69, 9.17) is 16.3 Å². The largest absolute Gasteiger partial charge is 0.481 e. The third-order valence-electron chi connectivity index (χ3n) is 2.20. The van der Waals surface area contributed by atoms with Gasteiger partial charge in [0.2, 0.25) is 0 Å².